The molecule has 6 nitrogen and oxygen atoms in total. The van der Waals surface area contributed by atoms with E-state index in [1.54, 1.807) is 23.1 Å². The maximum Gasteiger partial charge on any atom is 0.191 e. The van der Waals surface area contributed by atoms with Crippen LogP contribution in [-0.2, 0) is 20.1 Å². The van der Waals surface area contributed by atoms with E-state index >= 15 is 0 Å². The van der Waals surface area contributed by atoms with E-state index in [9.17, 15) is 0 Å². The molecule has 0 saturated carbocycles. The molecule has 0 aliphatic rings. The number of nitrogens with one attached hydrogen (secondary N) is 2. The van der Waals surface area contributed by atoms with Gasteiger partial charge < -0.3 is 10.6 Å². The number of halogens is 1. The lowest BCUT2D eigenvalue weighted by atomic mass is 10.4. The zero-order chi connectivity index (χ0) is 13.7. The maximum absolute atomic E-state index is 4.17. The Hall–Kier alpha value is -1.41. The van der Waals surface area contributed by atoms with Crippen molar-refractivity contribution in [1.29, 1.82) is 0 Å². The minimum atomic E-state index is 0.588. The Balaban J connectivity index is 1.82. The number of nitrogens with zero attached hydrogens (tertiary/aromatic N) is 4. The van der Waals surface area contributed by atoms with Crippen LogP contribution in [0.15, 0.2) is 27.2 Å². The van der Waals surface area contributed by atoms with Crippen molar-refractivity contribution in [3.63, 3.8) is 0 Å². The molecule has 0 bridgehead atoms. The van der Waals surface area contributed by atoms with E-state index in [0.29, 0.717) is 6.54 Å². The molecule has 0 radical (unpaired) electrons. The molecule has 0 unspecified atom stereocenters. The van der Waals surface area contributed by atoms with Crippen LogP contribution in [0.3, 0.4) is 0 Å². The molecule has 102 valence electrons. The number of thiophene rings is 1. The Morgan fingerprint density at radius 3 is 2.84 bits per heavy atom. The lowest BCUT2D eigenvalue weighted by molar-refractivity contribution is 0.673. The maximum atomic E-state index is 4.17. The van der Waals surface area contributed by atoms with Crippen LogP contribution in [0.2, 0.25) is 0 Å². The Morgan fingerprint density at radius 2 is 2.26 bits per heavy atom. The van der Waals surface area contributed by atoms with Crippen molar-refractivity contribution in [3.05, 3.63) is 32.9 Å². The first-order valence-electron chi connectivity index (χ1n) is 5.69. The Morgan fingerprint density at radius 1 is 1.47 bits per heavy atom. The van der Waals surface area contributed by atoms with E-state index in [2.05, 4.69) is 53.1 Å². The molecule has 0 aromatic carbocycles. The highest BCUT2D eigenvalue weighted by Gasteiger charge is 2.03. The van der Waals surface area contributed by atoms with Crippen LogP contribution in [0.5, 0.6) is 0 Å². The standard InChI is InChI=1S/C11H15BrN6S/c1-13-11(14-4-9-3-8(12)6-19-9)15-5-10-16-7-17-18(10)2/h3,6-7H,4-5H2,1-2H3,(H2,13,14,15). The second kappa shape index (κ2) is 6.67. The largest absolute Gasteiger partial charge is 0.352 e. The van der Waals surface area contributed by atoms with Crippen molar-refractivity contribution in [3.8, 4) is 0 Å². The number of aromatic nitrogens is 3. The van der Waals surface area contributed by atoms with Gasteiger partial charge in [-0.25, -0.2) is 4.98 Å². The molecule has 2 N–H and O–H groups in total. The van der Waals surface area contributed by atoms with Crippen LogP contribution in [-0.4, -0.2) is 27.8 Å². The van der Waals surface area contributed by atoms with Gasteiger partial charge in [0, 0.05) is 28.8 Å². The highest BCUT2D eigenvalue weighted by Crippen LogP contribution is 2.19. The average Bonchev–Trinajstić information content (AvgIpc) is 2.99. The fourth-order valence-electron chi connectivity index (χ4n) is 1.48. The van der Waals surface area contributed by atoms with Crippen LogP contribution < -0.4 is 10.6 Å². The lowest BCUT2D eigenvalue weighted by Crippen LogP contribution is -2.36. The summed E-state index contributed by atoms with van der Waals surface area (Å²) in [6, 6.07) is 2.09. The predicted molar refractivity (Wildman–Crippen MR) is 80.1 cm³/mol. The number of aryl methyl sites for hydroxylation is 1. The number of rotatable bonds is 4. The van der Waals surface area contributed by atoms with E-state index in [1.165, 1.54) is 11.2 Å². The van der Waals surface area contributed by atoms with Crippen LogP contribution in [0.4, 0.5) is 0 Å². The SMILES string of the molecule is CN=C(NCc1cc(Br)cs1)NCc1ncnn1C. The predicted octanol–water partition coefficient (Wildman–Crippen LogP) is 1.50. The molecule has 0 saturated heterocycles. The molecule has 0 atom stereocenters. The summed E-state index contributed by atoms with van der Waals surface area (Å²) in [6.45, 7) is 1.33. The topological polar surface area (TPSA) is 67.1 Å². The first kappa shape index (κ1) is 14.0. The normalized spacial score (nSPS) is 11.6. The molecule has 0 aliphatic heterocycles. The molecule has 0 aliphatic carbocycles. The van der Waals surface area contributed by atoms with Crippen molar-refractivity contribution in [1.82, 2.24) is 25.4 Å². The summed E-state index contributed by atoms with van der Waals surface area (Å²) < 4.78 is 2.84. The van der Waals surface area contributed by atoms with Crippen molar-refractivity contribution in [2.75, 3.05) is 7.05 Å². The van der Waals surface area contributed by atoms with Crippen LogP contribution in [0.25, 0.3) is 0 Å². The molecule has 0 spiro atoms. The van der Waals surface area contributed by atoms with E-state index in [4.69, 9.17) is 0 Å². The summed E-state index contributed by atoms with van der Waals surface area (Å²) in [5, 5.41) is 12.5. The summed E-state index contributed by atoms with van der Waals surface area (Å²) >= 11 is 5.14. The van der Waals surface area contributed by atoms with Gasteiger partial charge >= 0.3 is 0 Å². The summed E-state index contributed by atoms with van der Waals surface area (Å²) in [5.41, 5.74) is 0. The van der Waals surface area contributed by atoms with E-state index < -0.39 is 0 Å². The van der Waals surface area contributed by atoms with Gasteiger partial charge in [0.15, 0.2) is 5.96 Å². The molecule has 2 heterocycles. The van der Waals surface area contributed by atoms with Gasteiger partial charge in [-0.1, -0.05) is 0 Å². The number of aliphatic imine (C=N–C) groups is 1. The third-order valence-corrected chi connectivity index (χ3v) is 4.19. The Labute approximate surface area is 124 Å². The lowest BCUT2D eigenvalue weighted by Gasteiger charge is -2.10. The third kappa shape index (κ3) is 4.03. The summed E-state index contributed by atoms with van der Waals surface area (Å²) in [7, 11) is 3.61. The van der Waals surface area contributed by atoms with E-state index in [-0.39, 0.29) is 0 Å². The van der Waals surface area contributed by atoms with Gasteiger partial charge in [-0.15, -0.1) is 11.3 Å². The molecule has 2 aromatic rings. The Kier molecular flexibility index (Phi) is 4.92. The summed E-state index contributed by atoms with van der Waals surface area (Å²) in [4.78, 5) is 9.56. The first-order chi connectivity index (χ1) is 9.19. The van der Waals surface area contributed by atoms with Crippen LogP contribution in [0.1, 0.15) is 10.7 Å². The van der Waals surface area contributed by atoms with Crippen molar-refractivity contribution in [2.45, 2.75) is 13.1 Å². The molecular weight excluding hydrogens is 328 g/mol. The van der Waals surface area contributed by atoms with Gasteiger partial charge in [0.1, 0.15) is 12.2 Å². The summed E-state index contributed by atoms with van der Waals surface area (Å²) in [6.07, 6.45) is 1.54. The average molecular weight is 343 g/mol. The quantitative estimate of drug-likeness (QED) is 0.652. The number of guanidine groups is 1. The highest BCUT2D eigenvalue weighted by molar-refractivity contribution is 9.10. The molecule has 0 fully saturated rings. The fraction of sp³-hybridized carbons (Fsp3) is 0.364. The molecule has 8 heteroatoms. The van der Waals surface area contributed by atoms with Gasteiger partial charge in [0.2, 0.25) is 0 Å². The van der Waals surface area contributed by atoms with E-state index in [0.717, 1.165) is 22.8 Å². The Bertz CT molecular complexity index is 561. The second-order valence-corrected chi connectivity index (χ2v) is 5.72. The fourth-order valence-corrected chi connectivity index (χ4v) is 2.87. The van der Waals surface area contributed by atoms with Crippen LogP contribution in [0, 0.1) is 0 Å². The van der Waals surface area contributed by atoms with Gasteiger partial charge in [-0.3, -0.25) is 9.67 Å². The molecule has 2 rings (SSSR count). The first-order valence-corrected chi connectivity index (χ1v) is 7.36. The minimum Gasteiger partial charge on any atom is -0.352 e. The summed E-state index contributed by atoms with van der Waals surface area (Å²) in [5.74, 6) is 1.61. The zero-order valence-electron chi connectivity index (χ0n) is 10.7. The van der Waals surface area contributed by atoms with Gasteiger partial charge in [-0.05, 0) is 22.0 Å². The molecule has 0 amide bonds. The van der Waals surface area contributed by atoms with Crippen LogP contribution >= 0.6 is 27.3 Å². The highest BCUT2D eigenvalue weighted by atomic mass is 79.9. The van der Waals surface area contributed by atoms with Crippen molar-refractivity contribution >= 4 is 33.2 Å². The zero-order valence-corrected chi connectivity index (χ0v) is 13.1. The minimum absolute atomic E-state index is 0.588. The molecule has 19 heavy (non-hydrogen) atoms. The van der Waals surface area contributed by atoms with Gasteiger partial charge in [0.25, 0.3) is 0 Å². The van der Waals surface area contributed by atoms with Gasteiger partial charge in [-0.2, -0.15) is 5.10 Å². The molecule has 2 aromatic heterocycles. The number of hydrogen-bond acceptors (Lipinski definition) is 4. The third-order valence-electron chi connectivity index (χ3n) is 2.49. The van der Waals surface area contributed by atoms with Gasteiger partial charge in [0.05, 0.1) is 13.1 Å². The second-order valence-electron chi connectivity index (χ2n) is 3.81. The monoisotopic (exact) mass is 342 g/mol. The van der Waals surface area contributed by atoms with Crippen molar-refractivity contribution in [2.24, 2.45) is 12.0 Å². The number of hydrogen-bond donors (Lipinski definition) is 2. The van der Waals surface area contributed by atoms with E-state index in [1.807, 2.05) is 7.05 Å². The van der Waals surface area contributed by atoms with Crippen molar-refractivity contribution < 1.29 is 0 Å². The molecular formula is C11H15BrN6S. The smallest absolute Gasteiger partial charge is 0.191 e.